The van der Waals surface area contributed by atoms with Crippen LogP contribution in [-0.4, -0.2) is 25.9 Å². The number of nitrogen functional groups attached to an aromatic ring is 1. The summed E-state index contributed by atoms with van der Waals surface area (Å²) in [6.45, 7) is 8.01. The van der Waals surface area contributed by atoms with Gasteiger partial charge >= 0.3 is 0 Å². The van der Waals surface area contributed by atoms with Gasteiger partial charge in [0, 0.05) is 6.07 Å². The number of nitrogens with zero attached hydrogens (tertiary/aromatic N) is 4. The van der Waals surface area contributed by atoms with Gasteiger partial charge in [0.25, 0.3) is 0 Å². The van der Waals surface area contributed by atoms with Crippen LogP contribution in [0, 0.1) is 0 Å². The van der Waals surface area contributed by atoms with Gasteiger partial charge in [0.15, 0.2) is 5.82 Å². The fraction of sp³-hybridized carbons (Fsp3) is 0.500. The molecule has 0 atom stereocenters. The summed E-state index contributed by atoms with van der Waals surface area (Å²) in [6.07, 6.45) is 3.14. The minimum Gasteiger partial charge on any atom is -0.475 e. The molecule has 0 spiro atoms. The third-order valence-corrected chi connectivity index (χ3v) is 2.97. The molecule has 0 aliphatic heterocycles. The smallest absolute Gasteiger partial charge is 0.218 e. The molecule has 6 heteroatoms. The van der Waals surface area contributed by atoms with E-state index < -0.39 is 0 Å². The second-order valence-electron chi connectivity index (χ2n) is 4.81. The standard InChI is InChI=1S/C14H21N5O/c1-5-10-14(15)11(6-2)19(18-10)12-7-13(17-8-16-12)20-9(3)4/h7-9H,5-6,15H2,1-4H3. The van der Waals surface area contributed by atoms with Crippen molar-refractivity contribution in [3.8, 4) is 11.7 Å². The first kappa shape index (κ1) is 14.3. The van der Waals surface area contributed by atoms with E-state index in [-0.39, 0.29) is 6.10 Å². The van der Waals surface area contributed by atoms with Crippen LogP contribution in [0.4, 0.5) is 5.69 Å². The molecule has 2 aromatic rings. The van der Waals surface area contributed by atoms with Gasteiger partial charge in [-0.3, -0.25) is 0 Å². The molecule has 0 radical (unpaired) electrons. The quantitative estimate of drug-likeness (QED) is 0.904. The van der Waals surface area contributed by atoms with Crippen molar-refractivity contribution in [2.45, 2.75) is 46.6 Å². The molecule has 0 fully saturated rings. The minimum absolute atomic E-state index is 0.0669. The van der Waals surface area contributed by atoms with E-state index in [1.807, 2.05) is 20.8 Å². The summed E-state index contributed by atoms with van der Waals surface area (Å²) in [7, 11) is 0. The lowest BCUT2D eigenvalue weighted by Crippen LogP contribution is -2.09. The second kappa shape index (κ2) is 5.90. The van der Waals surface area contributed by atoms with Crippen LogP contribution >= 0.6 is 0 Å². The van der Waals surface area contributed by atoms with E-state index in [0.29, 0.717) is 11.7 Å². The van der Waals surface area contributed by atoms with Gasteiger partial charge in [-0.25, -0.2) is 14.6 Å². The summed E-state index contributed by atoms with van der Waals surface area (Å²) >= 11 is 0. The number of nitrogens with two attached hydrogens (primary N) is 1. The highest BCUT2D eigenvalue weighted by Gasteiger charge is 2.15. The molecule has 0 saturated heterocycles. The minimum atomic E-state index is 0.0669. The topological polar surface area (TPSA) is 78.8 Å². The molecule has 2 N–H and O–H groups in total. The highest BCUT2D eigenvalue weighted by Crippen LogP contribution is 2.22. The van der Waals surface area contributed by atoms with Gasteiger partial charge < -0.3 is 10.5 Å². The van der Waals surface area contributed by atoms with Gasteiger partial charge in [-0.15, -0.1) is 0 Å². The van der Waals surface area contributed by atoms with Crippen molar-refractivity contribution in [2.24, 2.45) is 0 Å². The average molecular weight is 275 g/mol. The van der Waals surface area contributed by atoms with E-state index in [1.165, 1.54) is 6.33 Å². The number of rotatable bonds is 5. The van der Waals surface area contributed by atoms with E-state index in [9.17, 15) is 0 Å². The lowest BCUT2D eigenvalue weighted by atomic mass is 10.2. The van der Waals surface area contributed by atoms with Crippen LogP contribution in [0.5, 0.6) is 5.88 Å². The third kappa shape index (κ3) is 2.74. The predicted octanol–water partition coefficient (Wildman–Crippen LogP) is 2.16. The Balaban J connectivity index is 2.45. The molecule has 0 aliphatic carbocycles. The molecule has 0 aliphatic rings. The number of anilines is 1. The molecule has 0 bridgehead atoms. The molecule has 0 unspecified atom stereocenters. The van der Waals surface area contributed by atoms with Crippen LogP contribution < -0.4 is 10.5 Å². The Labute approximate surface area is 119 Å². The van der Waals surface area contributed by atoms with E-state index in [1.54, 1.807) is 10.7 Å². The van der Waals surface area contributed by atoms with Gasteiger partial charge in [-0.2, -0.15) is 5.10 Å². The van der Waals surface area contributed by atoms with Crippen molar-refractivity contribution in [1.82, 2.24) is 19.7 Å². The Morgan fingerprint density at radius 1 is 1.25 bits per heavy atom. The predicted molar refractivity (Wildman–Crippen MR) is 78.1 cm³/mol. The largest absolute Gasteiger partial charge is 0.475 e. The normalized spacial score (nSPS) is 11.1. The molecule has 20 heavy (non-hydrogen) atoms. The van der Waals surface area contributed by atoms with Gasteiger partial charge in [0.05, 0.1) is 23.2 Å². The van der Waals surface area contributed by atoms with E-state index >= 15 is 0 Å². The number of aryl methyl sites for hydroxylation is 1. The van der Waals surface area contributed by atoms with Crippen molar-refractivity contribution < 1.29 is 4.74 Å². The maximum Gasteiger partial charge on any atom is 0.218 e. The van der Waals surface area contributed by atoms with Gasteiger partial charge in [0.2, 0.25) is 5.88 Å². The third-order valence-electron chi connectivity index (χ3n) is 2.97. The molecule has 2 rings (SSSR count). The Morgan fingerprint density at radius 2 is 2.00 bits per heavy atom. The van der Waals surface area contributed by atoms with Crippen LogP contribution in [-0.2, 0) is 12.8 Å². The Hall–Kier alpha value is -2.11. The summed E-state index contributed by atoms with van der Waals surface area (Å²) in [5, 5.41) is 4.54. The lowest BCUT2D eigenvalue weighted by Gasteiger charge is -2.10. The maximum atomic E-state index is 6.12. The fourth-order valence-electron chi connectivity index (χ4n) is 2.06. The monoisotopic (exact) mass is 275 g/mol. The highest BCUT2D eigenvalue weighted by atomic mass is 16.5. The number of hydrogen-bond acceptors (Lipinski definition) is 5. The molecule has 2 aromatic heterocycles. The first-order valence-electron chi connectivity index (χ1n) is 6.92. The molecule has 2 heterocycles. The first-order valence-corrected chi connectivity index (χ1v) is 6.92. The SMILES string of the molecule is CCc1nn(-c2cc(OC(C)C)ncn2)c(CC)c1N. The number of aromatic nitrogens is 4. The van der Waals surface area contributed by atoms with Crippen molar-refractivity contribution in [3.63, 3.8) is 0 Å². The molecular weight excluding hydrogens is 254 g/mol. The van der Waals surface area contributed by atoms with E-state index in [2.05, 4.69) is 22.0 Å². The summed E-state index contributed by atoms with van der Waals surface area (Å²) < 4.78 is 7.37. The number of hydrogen-bond donors (Lipinski definition) is 1. The second-order valence-corrected chi connectivity index (χ2v) is 4.81. The first-order chi connectivity index (χ1) is 9.56. The van der Waals surface area contributed by atoms with Crippen molar-refractivity contribution >= 4 is 5.69 Å². The van der Waals surface area contributed by atoms with E-state index in [0.717, 1.165) is 29.9 Å². The zero-order valence-corrected chi connectivity index (χ0v) is 12.4. The van der Waals surface area contributed by atoms with E-state index in [4.69, 9.17) is 10.5 Å². The molecular formula is C14H21N5O. The van der Waals surface area contributed by atoms with Crippen LogP contribution in [0.1, 0.15) is 39.1 Å². The number of ether oxygens (including phenoxy) is 1. The summed E-state index contributed by atoms with van der Waals surface area (Å²) in [6, 6.07) is 1.78. The van der Waals surface area contributed by atoms with Crippen molar-refractivity contribution in [2.75, 3.05) is 5.73 Å². The molecule has 6 nitrogen and oxygen atoms in total. The van der Waals surface area contributed by atoms with Gasteiger partial charge in [-0.05, 0) is 26.7 Å². The summed E-state index contributed by atoms with van der Waals surface area (Å²) in [5.41, 5.74) is 8.74. The molecule has 108 valence electrons. The van der Waals surface area contributed by atoms with Crippen molar-refractivity contribution in [1.29, 1.82) is 0 Å². The Kier molecular flexibility index (Phi) is 4.22. The van der Waals surface area contributed by atoms with Crippen LogP contribution in [0.25, 0.3) is 5.82 Å². The van der Waals surface area contributed by atoms with Crippen LogP contribution in [0.15, 0.2) is 12.4 Å². The average Bonchev–Trinajstić information content (AvgIpc) is 2.74. The molecule has 0 saturated carbocycles. The van der Waals surface area contributed by atoms with Crippen LogP contribution in [0.2, 0.25) is 0 Å². The van der Waals surface area contributed by atoms with Crippen LogP contribution in [0.3, 0.4) is 0 Å². The Morgan fingerprint density at radius 3 is 2.60 bits per heavy atom. The Bertz CT molecular complexity index is 591. The van der Waals surface area contributed by atoms with Gasteiger partial charge in [0.1, 0.15) is 6.33 Å². The zero-order valence-electron chi connectivity index (χ0n) is 12.4. The maximum absolute atomic E-state index is 6.12. The van der Waals surface area contributed by atoms with Gasteiger partial charge in [-0.1, -0.05) is 13.8 Å². The summed E-state index contributed by atoms with van der Waals surface area (Å²) in [5.74, 6) is 1.22. The van der Waals surface area contributed by atoms with Crippen molar-refractivity contribution in [3.05, 3.63) is 23.8 Å². The molecule has 0 aromatic carbocycles. The zero-order chi connectivity index (χ0) is 14.7. The molecule has 0 amide bonds. The lowest BCUT2D eigenvalue weighted by molar-refractivity contribution is 0.232. The summed E-state index contributed by atoms with van der Waals surface area (Å²) in [4.78, 5) is 8.37. The fourth-order valence-corrected chi connectivity index (χ4v) is 2.06. The highest BCUT2D eigenvalue weighted by molar-refractivity contribution is 5.51.